The summed E-state index contributed by atoms with van der Waals surface area (Å²) in [7, 11) is 0. The van der Waals surface area contributed by atoms with Gasteiger partial charge in [0.15, 0.2) is 5.69 Å². The van der Waals surface area contributed by atoms with Crippen molar-refractivity contribution in [2.24, 2.45) is 0 Å². The lowest BCUT2D eigenvalue weighted by Crippen LogP contribution is -2.43. The monoisotopic (exact) mass is 358 g/mol. The highest BCUT2D eigenvalue weighted by Crippen LogP contribution is 2.30. The van der Waals surface area contributed by atoms with Gasteiger partial charge in [0, 0.05) is 28.4 Å². The Morgan fingerprint density at radius 2 is 1.81 bits per heavy atom. The van der Waals surface area contributed by atoms with E-state index in [9.17, 15) is 4.79 Å². The number of aromatic nitrogens is 1. The van der Waals surface area contributed by atoms with E-state index < -0.39 is 0 Å². The van der Waals surface area contributed by atoms with Crippen molar-refractivity contribution >= 4 is 11.5 Å². The molecule has 0 saturated heterocycles. The van der Waals surface area contributed by atoms with E-state index in [-0.39, 0.29) is 11.3 Å². The van der Waals surface area contributed by atoms with Gasteiger partial charge in [-0.3, -0.25) is 4.79 Å². The summed E-state index contributed by atoms with van der Waals surface area (Å²) in [5.41, 5.74) is 4.22. The average molecular weight is 358 g/mol. The molecule has 4 rings (SSSR count). The number of aryl methyl sites for hydroxylation is 1. The summed E-state index contributed by atoms with van der Waals surface area (Å²) in [5.74, 6) is 0.833. The number of nitrogens with one attached hydrogen (secondary N) is 1. The topological polar surface area (TPSA) is 55.1 Å². The third kappa shape index (κ3) is 3.43. The SMILES string of the molecule is Cc1oc(-c2ccccc2)nc1C(=O)/C=C1\NC(C)(C)Cc2ccccc21. The lowest BCUT2D eigenvalue weighted by Gasteiger charge is -2.35. The maximum Gasteiger partial charge on any atom is 0.226 e. The Labute approximate surface area is 158 Å². The molecule has 0 atom stereocenters. The van der Waals surface area contributed by atoms with Gasteiger partial charge >= 0.3 is 0 Å². The summed E-state index contributed by atoms with van der Waals surface area (Å²) in [6, 6.07) is 17.8. The van der Waals surface area contributed by atoms with E-state index in [0.29, 0.717) is 17.3 Å². The van der Waals surface area contributed by atoms with Crippen LogP contribution in [0.5, 0.6) is 0 Å². The van der Waals surface area contributed by atoms with Crippen molar-refractivity contribution in [3.8, 4) is 11.5 Å². The molecule has 1 N–H and O–H groups in total. The van der Waals surface area contributed by atoms with Crippen LogP contribution in [0.3, 0.4) is 0 Å². The summed E-state index contributed by atoms with van der Waals surface area (Å²) >= 11 is 0. The number of carbonyl (C=O) groups is 1. The molecule has 0 unspecified atom stereocenters. The second-order valence-electron chi connectivity index (χ2n) is 7.55. The van der Waals surface area contributed by atoms with Crippen LogP contribution in [0, 0.1) is 6.92 Å². The molecule has 2 heterocycles. The maximum atomic E-state index is 13.0. The molecule has 0 amide bonds. The van der Waals surface area contributed by atoms with Crippen molar-refractivity contribution in [2.75, 3.05) is 0 Å². The average Bonchev–Trinajstić information content (AvgIpc) is 3.03. The summed E-state index contributed by atoms with van der Waals surface area (Å²) < 4.78 is 5.74. The molecule has 0 radical (unpaired) electrons. The Bertz CT molecular complexity index is 1030. The van der Waals surface area contributed by atoms with Crippen LogP contribution in [-0.2, 0) is 6.42 Å². The van der Waals surface area contributed by atoms with Gasteiger partial charge in [0.05, 0.1) is 0 Å². The number of fused-ring (bicyclic) bond motifs is 1. The van der Waals surface area contributed by atoms with Crippen molar-refractivity contribution in [1.82, 2.24) is 10.3 Å². The Kier molecular flexibility index (Phi) is 4.19. The third-order valence-electron chi connectivity index (χ3n) is 4.74. The van der Waals surface area contributed by atoms with Gasteiger partial charge in [0.25, 0.3) is 0 Å². The predicted molar refractivity (Wildman–Crippen MR) is 106 cm³/mol. The molecule has 0 fully saturated rings. The highest BCUT2D eigenvalue weighted by atomic mass is 16.4. The van der Waals surface area contributed by atoms with Crippen LogP contribution in [-0.4, -0.2) is 16.3 Å². The number of ketones is 1. The van der Waals surface area contributed by atoms with Crippen LogP contribution < -0.4 is 5.32 Å². The zero-order valence-corrected chi connectivity index (χ0v) is 15.7. The van der Waals surface area contributed by atoms with Crippen molar-refractivity contribution in [1.29, 1.82) is 0 Å². The first-order chi connectivity index (χ1) is 12.9. The lowest BCUT2D eigenvalue weighted by molar-refractivity contribution is 0.104. The van der Waals surface area contributed by atoms with Crippen LogP contribution in [0.25, 0.3) is 17.2 Å². The Morgan fingerprint density at radius 1 is 1.11 bits per heavy atom. The smallest absolute Gasteiger partial charge is 0.226 e. The second kappa shape index (κ2) is 6.54. The predicted octanol–water partition coefficient (Wildman–Crippen LogP) is 4.80. The third-order valence-corrected chi connectivity index (χ3v) is 4.74. The Balaban J connectivity index is 1.71. The molecule has 27 heavy (non-hydrogen) atoms. The first kappa shape index (κ1) is 17.3. The van der Waals surface area contributed by atoms with E-state index in [0.717, 1.165) is 23.2 Å². The minimum absolute atomic E-state index is 0.117. The Morgan fingerprint density at radius 3 is 2.59 bits per heavy atom. The van der Waals surface area contributed by atoms with Crippen molar-refractivity contribution in [2.45, 2.75) is 32.7 Å². The number of hydrogen-bond acceptors (Lipinski definition) is 4. The molecule has 4 nitrogen and oxygen atoms in total. The molecule has 0 bridgehead atoms. The van der Waals surface area contributed by atoms with Crippen LogP contribution >= 0.6 is 0 Å². The number of carbonyl (C=O) groups excluding carboxylic acids is 1. The molecular weight excluding hydrogens is 336 g/mol. The fourth-order valence-corrected chi connectivity index (χ4v) is 3.53. The van der Waals surface area contributed by atoms with Gasteiger partial charge < -0.3 is 9.73 Å². The molecule has 3 aromatic rings. The quantitative estimate of drug-likeness (QED) is 0.540. The fraction of sp³-hybridized carbons (Fsp3) is 0.217. The van der Waals surface area contributed by atoms with E-state index in [4.69, 9.17) is 4.42 Å². The van der Waals surface area contributed by atoms with E-state index >= 15 is 0 Å². The Hall–Kier alpha value is -3.14. The van der Waals surface area contributed by atoms with Crippen molar-refractivity contribution in [3.63, 3.8) is 0 Å². The minimum atomic E-state index is -0.159. The van der Waals surface area contributed by atoms with Gasteiger partial charge in [-0.05, 0) is 44.9 Å². The number of benzene rings is 2. The number of allylic oxidation sites excluding steroid dienone is 1. The first-order valence-electron chi connectivity index (χ1n) is 9.08. The molecule has 1 aliphatic heterocycles. The first-order valence-corrected chi connectivity index (χ1v) is 9.08. The van der Waals surface area contributed by atoms with E-state index in [1.54, 1.807) is 13.0 Å². The minimum Gasteiger partial charge on any atom is -0.441 e. The standard InChI is InChI=1S/C23H22N2O2/c1-15-21(24-22(27-15)16-9-5-4-6-10-16)20(26)13-19-18-12-8-7-11-17(18)14-23(2,3)25-19/h4-13,25H,14H2,1-3H3/b19-13-. The van der Waals surface area contributed by atoms with Gasteiger partial charge in [-0.15, -0.1) is 0 Å². The summed E-state index contributed by atoms with van der Waals surface area (Å²) in [4.78, 5) is 17.4. The van der Waals surface area contributed by atoms with E-state index in [1.807, 2.05) is 48.5 Å². The molecule has 0 saturated carbocycles. The molecular formula is C23H22N2O2. The van der Waals surface area contributed by atoms with Gasteiger partial charge in [0.1, 0.15) is 5.76 Å². The number of nitrogens with zero attached hydrogens (tertiary/aromatic N) is 1. The largest absolute Gasteiger partial charge is 0.441 e. The highest BCUT2D eigenvalue weighted by Gasteiger charge is 2.28. The van der Waals surface area contributed by atoms with Crippen LogP contribution in [0.15, 0.2) is 65.1 Å². The fourth-order valence-electron chi connectivity index (χ4n) is 3.53. The number of oxazole rings is 1. The van der Waals surface area contributed by atoms with E-state index in [1.165, 1.54) is 5.56 Å². The molecule has 0 aliphatic carbocycles. The molecule has 4 heteroatoms. The zero-order valence-electron chi connectivity index (χ0n) is 15.7. The van der Waals surface area contributed by atoms with Crippen LogP contribution in [0.4, 0.5) is 0 Å². The van der Waals surface area contributed by atoms with Gasteiger partial charge in [-0.2, -0.15) is 0 Å². The van der Waals surface area contributed by atoms with Gasteiger partial charge in [-0.25, -0.2) is 4.98 Å². The number of hydrogen-bond donors (Lipinski definition) is 1. The molecule has 2 aromatic carbocycles. The summed E-state index contributed by atoms with van der Waals surface area (Å²) in [6.07, 6.45) is 2.55. The zero-order chi connectivity index (χ0) is 19.0. The van der Waals surface area contributed by atoms with Crippen LogP contribution in [0.2, 0.25) is 0 Å². The molecule has 1 aromatic heterocycles. The molecule has 0 spiro atoms. The summed E-state index contributed by atoms with van der Waals surface area (Å²) in [5, 5.41) is 3.49. The lowest BCUT2D eigenvalue weighted by atomic mass is 9.85. The van der Waals surface area contributed by atoms with Crippen molar-refractivity contribution < 1.29 is 9.21 Å². The molecule has 1 aliphatic rings. The van der Waals surface area contributed by atoms with Crippen molar-refractivity contribution in [3.05, 3.63) is 83.3 Å². The normalized spacial score (nSPS) is 16.6. The second-order valence-corrected chi connectivity index (χ2v) is 7.55. The van der Waals surface area contributed by atoms with Gasteiger partial charge in [0.2, 0.25) is 11.7 Å². The summed E-state index contributed by atoms with van der Waals surface area (Å²) in [6.45, 7) is 6.05. The van der Waals surface area contributed by atoms with Gasteiger partial charge in [-0.1, -0.05) is 42.5 Å². The maximum absolute atomic E-state index is 13.0. The van der Waals surface area contributed by atoms with E-state index in [2.05, 4.69) is 30.2 Å². The number of rotatable bonds is 3. The molecule has 136 valence electrons. The highest BCUT2D eigenvalue weighted by molar-refractivity contribution is 6.08. The van der Waals surface area contributed by atoms with Crippen LogP contribution in [0.1, 0.15) is 41.2 Å².